The lowest BCUT2D eigenvalue weighted by atomic mass is 9.99. The van der Waals surface area contributed by atoms with Gasteiger partial charge in [0, 0.05) is 29.6 Å². The number of tetrazole rings is 1. The molecular formula is C26H36N6O3. The van der Waals surface area contributed by atoms with Gasteiger partial charge in [-0.25, -0.2) is 4.68 Å². The molecule has 9 heteroatoms. The van der Waals surface area contributed by atoms with Crippen molar-refractivity contribution in [1.29, 1.82) is 0 Å². The molecular weight excluding hydrogens is 444 g/mol. The first-order chi connectivity index (χ1) is 16.9. The summed E-state index contributed by atoms with van der Waals surface area (Å²) in [5.74, 6) is 2.28. The number of pyridine rings is 1. The molecule has 0 radical (unpaired) electrons. The molecule has 35 heavy (non-hydrogen) atoms. The van der Waals surface area contributed by atoms with E-state index in [2.05, 4.69) is 53.1 Å². The molecule has 0 unspecified atom stereocenters. The van der Waals surface area contributed by atoms with Gasteiger partial charge >= 0.3 is 0 Å². The molecule has 3 heterocycles. The Bertz CT molecular complexity index is 1240. The predicted octanol–water partition coefficient (Wildman–Crippen LogP) is 4.67. The Morgan fingerprint density at radius 2 is 1.91 bits per heavy atom. The molecule has 0 amide bonds. The van der Waals surface area contributed by atoms with Gasteiger partial charge in [0.15, 0.2) is 17.3 Å². The van der Waals surface area contributed by atoms with Crippen molar-refractivity contribution in [3.8, 4) is 11.5 Å². The number of aromatic amines is 1. The first kappa shape index (κ1) is 23.8. The molecule has 1 N–H and O–H groups in total. The number of fused-ring (bicyclic) bond motifs is 2. The molecule has 5 rings (SSSR count). The molecule has 0 bridgehead atoms. The SMILES string of the molecule is CCC[C@H](c1nnnn1C(C)(C)CC)N(Cc1cc2cc3c(cc2[nH]c1=O)OCO3)C1CCCC1. The topological polar surface area (TPSA) is 98.2 Å². The Morgan fingerprint density at radius 1 is 1.17 bits per heavy atom. The first-order valence-electron chi connectivity index (χ1n) is 12.9. The lowest BCUT2D eigenvalue weighted by Crippen LogP contribution is -2.41. The van der Waals surface area contributed by atoms with Crippen molar-refractivity contribution < 1.29 is 9.47 Å². The van der Waals surface area contributed by atoms with Crippen LogP contribution >= 0.6 is 0 Å². The summed E-state index contributed by atoms with van der Waals surface area (Å²) in [7, 11) is 0. The Hall–Kier alpha value is -2.94. The molecule has 9 nitrogen and oxygen atoms in total. The summed E-state index contributed by atoms with van der Waals surface area (Å²) in [5, 5.41) is 14.0. The Kier molecular flexibility index (Phi) is 6.53. The minimum Gasteiger partial charge on any atom is -0.454 e. The molecule has 3 aromatic rings. The van der Waals surface area contributed by atoms with E-state index in [9.17, 15) is 4.79 Å². The van der Waals surface area contributed by atoms with E-state index in [-0.39, 0.29) is 23.9 Å². The van der Waals surface area contributed by atoms with Crippen LogP contribution in [0.25, 0.3) is 10.9 Å². The van der Waals surface area contributed by atoms with Gasteiger partial charge in [-0.1, -0.05) is 33.1 Å². The van der Waals surface area contributed by atoms with E-state index in [1.54, 1.807) is 0 Å². The normalized spacial score (nSPS) is 17.1. The van der Waals surface area contributed by atoms with Crippen molar-refractivity contribution in [3.05, 3.63) is 39.9 Å². The fourth-order valence-corrected chi connectivity index (χ4v) is 5.38. The minimum absolute atomic E-state index is 0.0378. The highest BCUT2D eigenvalue weighted by Crippen LogP contribution is 2.37. The van der Waals surface area contributed by atoms with Crippen LogP contribution in [-0.2, 0) is 12.1 Å². The van der Waals surface area contributed by atoms with Crippen LogP contribution in [0.4, 0.5) is 0 Å². The fraction of sp³-hybridized carbons (Fsp3) is 0.615. The summed E-state index contributed by atoms with van der Waals surface area (Å²) < 4.78 is 13.0. The van der Waals surface area contributed by atoms with Gasteiger partial charge in [-0.15, -0.1) is 5.10 Å². The van der Waals surface area contributed by atoms with Gasteiger partial charge in [0.2, 0.25) is 6.79 Å². The average molecular weight is 481 g/mol. The summed E-state index contributed by atoms with van der Waals surface area (Å²) in [4.78, 5) is 18.8. The Labute approximate surface area is 205 Å². The lowest BCUT2D eigenvalue weighted by Gasteiger charge is -2.37. The fourth-order valence-electron chi connectivity index (χ4n) is 5.38. The maximum Gasteiger partial charge on any atom is 0.252 e. The van der Waals surface area contributed by atoms with Crippen molar-refractivity contribution >= 4 is 10.9 Å². The zero-order chi connectivity index (χ0) is 24.6. The number of hydrogen-bond acceptors (Lipinski definition) is 7. The van der Waals surface area contributed by atoms with Crippen LogP contribution in [0.2, 0.25) is 0 Å². The number of H-pyrrole nitrogens is 1. The second-order valence-corrected chi connectivity index (χ2v) is 10.4. The third kappa shape index (κ3) is 4.53. The van der Waals surface area contributed by atoms with Gasteiger partial charge in [0.1, 0.15) is 0 Å². The van der Waals surface area contributed by atoms with Crippen LogP contribution in [0, 0.1) is 0 Å². The summed E-state index contributed by atoms with van der Waals surface area (Å²) in [6, 6.07) is 6.23. The molecule has 1 saturated carbocycles. The lowest BCUT2D eigenvalue weighted by molar-refractivity contribution is 0.102. The predicted molar refractivity (Wildman–Crippen MR) is 134 cm³/mol. The van der Waals surface area contributed by atoms with E-state index in [1.165, 1.54) is 12.8 Å². The maximum atomic E-state index is 13.2. The average Bonchev–Trinajstić information content (AvgIpc) is 3.61. The van der Waals surface area contributed by atoms with Crippen molar-refractivity contribution in [2.75, 3.05) is 6.79 Å². The van der Waals surface area contributed by atoms with Gasteiger partial charge < -0.3 is 14.5 Å². The molecule has 0 saturated heterocycles. The quantitative estimate of drug-likeness (QED) is 0.475. The van der Waals surface area contributed by atoms with Crippen LogP contribution in [0.5, 0.6) is 11.5 Å². The highest BCUT2D eigenvalue weighted by Gasteiger charge is 2.35. The number of benzene rings is 1. The second-order valence-electron chi connectivity index (χ2n) is 10.4. The zero-order valence-corrected chi connectivity index (χ0v) is 21.2. The van der Waals surface area contributed by atoms with Crippen LogP contribution in [-0.4, -0.2) is 42.9 Å². The van der Waals surface area contributed by atoms with Crippen LogP contribution < -0.4 is 15.0 Å². The first-order valence-corrected chi connectivity index (χ1v) is 12.9. The number of nitrogens with one attached hydrogen (secondary N) is 1. The van der Waals surface area contributed by atoms with Gasteiger partial charge in [-0.2, -0.15) is 0 Å². The molecule has 1 aromatic carbocycles. The molecule has 2 aliphatic rings. The van der Waals surface area contributed by atoms with Crippen molar-refractivity contribution in [2.45, 2.75) is 96.8 Å². The van der Waals surface area contributed by atoms with Gasteiger partial charge in [-0.3, -0.25) is 9.69 Å². The summed E-state index contributed by atoms with van der Waals surface area (Å²) >= 11 is 0. The molecule has 188 valence electrons. The van der Waals surface area contributed by atoms with Gasteiger partial charge in [-0.05, 0) is 62.1 Å². The van der Waals surface area contributed by atoms with Gasteiger partial charge in [0.05, 0.1) is 17.1 Å². The van der Waals surface area contributed by atoms with Crippen molar-refractivity contribution in [2.24, 2.45) is 0 Å². The molecule has 1 atom stereocenters. The number of ether oxygens (including phenoxy) is 2. The van der Waals surface area contributed by atoms with E-state index in [1.807, 2.05) is 22.9 Å². The molecule has 0 spiro atoms. The monoisotopic (exact) mass is 480 g/mol. The summed E-state index contributed by atoms with van der Waals surface area (Å²) in [5.41, 5.74) is 1.25. The Morgan fingerprint density at radius 3 is 2.63 bits per heavy atom. The van der Waals surface area contributed by atoms with E-state index < -0.39 is 0 Å². The van der Waals surface area contributed by atoms with Crippen LogP contribution in [0.1, 0.15) is 90.1 Å². The number of nitrogens with zero attached hydrogens (tertiary/aromatic N) is 5. The Balaban J connectivity index is 1.55. The smallest absolute Gasteiger partial charge is 0.252 e. The third-order valence-electron chi connectivity index (χ3n) is 7.75. The maximum absolute atomic E-state index is 13.2. The highest BCUT2D eigenvalue weighted by atomic mass is 16.7. The zero-order valence-electron chi connectivity index (χ0n) is 21.2. The van der Waals surface area contributed by atoms with Crippen molar-refractivity contribution in [1.82, 2.24) is 30.1 Å². The highest BCUT2D eigenvalue weighted by molar-refractivity contribution is 5.83. The largest absolute Gasteiger partial charge is 0.454 e. The van der Waals surface area contributed by atoms with E-state index in [0.29, 0.717) is 24.1 Å². The summed E-state index contributed by atoms with van der Waals surface area (Å²) in [6.07, 6.45) is 7.54. The third-order valence-corrected chi connectivity index (χ3v) is 7.75. The van der Waals surface area contributed by atoms with E-state index >= 15 is 0 Å². The van der Waals surface area contributed by atoms with E-state index in [0.717, 1.165) is 54.4 Å². The summed E-state index contributed by atoms with van der Waals surface area (Å²) in [6.45, 7) is 9.47. The second kappa shape index (κ2) is 9.60. The number of aromatic nitrogens is 5. The molecule has 1 aliphatic carbocycles. The number of hydrogen-bond donors (Lipinski definition) is 1. The molecule has 1 fully saturated rings. The number of rotatable bonds is 9. The van der Waals surface area contributed by atoms with Crippen LogP contribution in [0.3, 0.4) is 0 Å². The van der Waals surface area contributed by atoms with Gasteiger partial charge in [0.25, 0.3) is 5.56 Å². The van der Waals surface area contributed by atoms with Crippen LogP contribution in [0.15, 0.2) is 23.0 Å². The van der Waals surface area contributed by atoms with E-state index in [4.69, 9.17) is 9.47 Å². The minimum atomic E-state index is -0.185. The van der Waals surface area contributed by atoms with Crippen molar-refractivity contribution in [3.63, 3.8) is 0 Å². The molecule has 1 aliphatic heterocycles. The standard InChI is InChI=1S/C26H36N6O3/c1-5-9-21(24-28-29-30-32(24)26(3,4)6-2)31(19-10-7-8-11-19)15-18-12-17-13-22-23(35-16-34-22)14-20(17)27-25(18)33/h12-14,19,21H,5-11,15-16H2,1-4H3,(H,27,33)/t21-/m1/s1. The molecule has 2 aromatic heterocycles.